The minimum Gasteiger partial charge on any atom is -0.396 e. The monoisotopic (exact) mass is 171 g/mol. The van der Waals surface area contributed by atoms with E-state index in [1.807, 2.05) is 0 Å². The summed E-state index contributed by atoms with van der Waals surface area (Å²) in [4.78, 5) is 17.2. The van der Waals surface area contributed by atoms with E-state index in [1.165, 1.54) is 0 Å². The molecule has 1 unspecified atom stereocenters. The van der Waals surface area contributed by atoms with E-state index in [-0.39, 0.29) is 12.4 Å². The minimum atomic E-state index is -0.836. The van der Waals surface area contributed by atoms with Gasteiger partial charge in [0.05, 0.1) is 0 Å². The third-order valence-electron chi connectivity index (χ3n) is 1.59. The van der Waals surface area contributed by atoms with Crippen LogP contribution in [0.3, 0.4) is 0 Å². The Labute approximate surface area is 68.8 Å². The van der Waals surface area contributed by atoms with Gasteiger partial charge in [-0.25, -0.2) is 4.99 Å². The minimum absolute atomic E-state index is 0.0810. The smallest absolute Gasteiger partial charge is 0.378 e. The molecule has 0 aromatic carbocycles. The Morgan fingerprint density at radius 1 is 1.83 bits per heavy atom. The molecule has 1 rings (SSSR count). The summed E-state index contributed by atoms with van der Waals surface area (Å²) in [5.74, 6) is -0.244. The van der Waals surface area contributed by atoms with Gasteiger partial charge >= 0.3 is 5.84 Å². The van der Waals surface area contributed by atoms with Crippen LogP contribution in [0.2, 0.25) is 0 Å². The molecular weight excluding hydrogens is 162 g/mol. The lowest BCUT2D eigenvalue weighted by atomic mass is 10.1. The summed E-state index contributed by atoms with van der Waals surface area (Å²) in [6.07, 6.45) is 1.43. The van der Waals surface area contributed by atoms with Gasteiger partial charge < -0.3 is 15.2 Å². The van der Waals surface area contributed by atoms with Crippen LogP contribution in [0.1, 0.15) is 13.3 Å². The van der Waals surface area contributed by atoms with Crippen molar-refractivity contribution in [3.8, 4) is 0 Å². The third kappa shape index (κ3) is 1.65. The van der Waals surface area contributed by atoms with Gasteiger partial charge in [0.2, 0.25) is 5.66 Å². The van der Waals surface area contributed by atoms with E-state index in [4.69, 9.17) is 5.11 Å². The molecule has 1 N–H and O–H groups in total. The quantitative estimate of drug-likeness (QED) is 0.462. The lowest BCUT2D eigenvalue weighted by Crippen LogP contribution is -2.19. The van der Waals surface area contributed by atoms with Crippen LogP contribution in [0.5, 0.6) is 0 Å². The Morgan fingerprint density at radius 3 is 2.92 bits per heavy atom. The van der Waals surface area contributed by atoms with Gasteiger partial charge in [0, 0.05) is 20.0 Å². The maximum absolute atomic E-state index is 10.2. The Bertz CT molecular complexity index is 261. The van der Waals surface area contributed by atoms with E-state index >= 15 is 0 Å². The van der Waals surface area contributed by atoms with E-state index in [0.29, 0.717) is 6.42 Å². The number of nitro groups is 1. The zero-order valence-corrected chi connectivity index (χ0v) is 6.60. The molecule has 66 valence electrons. The standard InChI is InChI=1S/C6H9N3O3/c1-6(2-3-10)7-4-5(8-6)9(11)12/h4,10H,2-3H2,1H3. The molecule has 1 aliphatic rings. The fourth-order valence-electron chi connectivity index (χ4n) is 0.922. The van der Waals surface area contributed by atoms with E-state index in [1.54, 1.807) is 6.92 Å². The van der Waals surface area contributed by atoms with Crippen molar-refractivity contribution in [2.45, 2.75) is 19.0 Å². The van der Waals surface area contributed by atoms with Crippen molar-refractivity contribution in [2.24, 2.45) is 9.98 Å². The zero-order valence-electron chi connectivity index (χ0n) is 6.60. The van der Waals surface area contributed by atoms with Crippen LogP contribution < -0.4 is 0 Å². The Morgan fingerprint density at radius 2 is 2.50 bits per heavy atom. The highest BCUT2D eigenvalue weighted by atomic mass is 16.6. The van der Waals surface area contributed by atoms with Crippen molar-refractivity contribution in [1.29, 1.82) is 0 Å². The first-order valence-electron chi connectivity index (χ1n) is 3.48. The molecule has 0 aliphatic carbocycles. The van der Waals surface area contributed by atoms with E-state index in [0.717, 1.165) is 6.21 Å². The molecule has 0 aromatic heterocycles. The summed E-state index contributed by atoms with van der Waals surface area (Å²) in [5.41, 5.74) is -0.836. The highest BCUT2D eigenvalue weighted by Gasteiger charge is 2.35. The van der Waals surface area contributed by atoms with Crippen LogP contribution in [-0.4, -0.2) is 34.3 Å². The lowest BCUT2D eigenvalue weighted by Gasteiger charge is -2.07. The van der Waals surface area contributed by atoms with Gasteiger partial charge in [-0.2, -0.15) is 0 Å². The second-order valence-electron chi connectivity index (χ2n) is 2.68. The van der Waals surface area contributed by atoms with Crippen LogP contribution in [0.4, 0.5) is 0 Å². The zero-order chi connectivity index (χ0) is 9.19. The summed E-state index contributed by atoms with van der Waals surface area (Å²) >= 11 is 0. The Balaban J connectivity index is 2.77. The maximum Gasteiger partial charge on any atom is 0.378 e. The molecule has 0 saturated heterocycles. The van der Waals surface area contributed by atoms with Crippen molar-refractivity contribution in [3.63, 3.8) is 0 Å². The second kappa shape index (κ2) is 2.98. The fourth-order valence-corrected chi connectivity index (χ4v) is 0.922. The molecule has 0 bridgehead atoms. The first kappa shape index (κ1) is 8.79. The number of aliphatic imine (C=N–C) groups is 2. The molecule has 6 nitrogen and oxygen atoms in total. The molecular formula is C6H9N3O3. The van der Waals surface area contributed by atoms with Crippen LogP contribution in [0.15, 0.2) is 9.98 Å². The number of aliphatic hydroxyl groups excluding tert-OH is 1. The van der Waals surface area contributed by atoms with Crippen LogP contribution >= 0.6 is 0 Å². The van der Waals surface area contributed by atoms with Gasteiger partial charge in [-0.15, -0.1) is 0 Å². The first-order valence-corrected chi connectivity index (χ1v) is 3.48. The molecule has 0 aromatic rings. The number of hydrogen-bond acceptors (Lipinski definition) is 5. The molecule has 1 atom stereocenters. The summed E-state index contributed by atoms with van der Waals surface area (Å²) in [7, 11) is 0. The van der Waals surface area contributed by atoms with E-state index < -0.39 is 10.6 Å². The molecule has 6 heteroatoms. The van der Waals surface area contributed by atoms with Gasteiger partial charge in [0.15, 0.2) is 0 Å². The summed E-state index contributed by atoms with van der Waals surface area (Å²) in [6.45, 7) is 1.55. The number of rotatable bonds is 2. The van der Waals surface area contributed by atoms with Crippen molar-refractivity contribution >= 4 is 12.1 Å². The van der Waals surface area contributed by atoms with Crippen molar-refractivity contribution in [2.75, 3.05) is 6.61 Å². The SMILES string of the molecule is CC1(CCO)N=CC([N+](=O)[O-])=N1. The van der Waals surface area contributed by atoms with Crippen LogP contribution in [-0.2, 0) is 0 Å². The normalized spacial score (nSPS) is 27.3. The molecule has 0 radical (unpaired) electrons. The van der Waals surface area contributed by atoms with Crippen molar-refractivity contribution in [3.05, 3.63) is 10.1 Å². The number of nitrogens with zero attached hydrogens (tertiary/aromatic N) is 3. The number of aliphatic hydroxyl groups is 1. The predicted octanol–water partition coefficient (Wildman–Crippen LogP) is -0.155. The summed E-state index contributed by atoms with van der Waals surface area (Å²) in [6, 6.07) is 0. The Hall–Kier alpha value is -1.30. The molecule has 0 spiro atoms. The van der Waals surface area contributed by atoms with Crippen molar-refractivity contribution < 1.29 is 10.0 Å². The van der Waals surface area contributed by atoms with Crippen LogP contribution in [0.25, 0.3) is 0 Å². The average molecular weight is 171 g/mol. The first-order chi connectivity index (χ1) is 5.57. The molecule has 0 fully saturated rings. The van der Waals surface area contributed by atoms with Crippen LogP contribution in [0, 0.1) is 10.1 Å². The predicted molar refractivity (Wildman–Crippen MR) is 43.0 cm³/mol. The Kier molecular flexibility index (Phi) is 2.18. The molecule has 12 heavy (non-hydrogen) atoms. The number of hydrogen-bond donors (Lipinski definition) is 1. The van der Waals surface area contributed by atoms with Gasteiger partial charge in [0.1, 0.15) is 6.21 Å². The van der Waals surface area contributed by atoms with E-state index in [2.05, 4.69) is 9.98 Å². The van der Waals surface area contributed by atoms with Crippen molar-refractivity contribution in [1.82, 2.24) is 0 Å². The highest BCUT2D eigenvalue weighted by molar-refractivity contribution is 6.26. The van der Waals surface area contributed by atoms with Gasteiger partial charge in [-0.1, -0.05) is 0 Å². The molecule has 1 heterocycles. The summed E-state index contributed by atoms with van der Waals surface area (Å²) in [5, 5.41) is 18.8. The van der Waals surface area contributed by atoms with Gasteiger partial charge in [-0.05, 0) is 9.92 Å². The lowest BCUT2D eigenvalue weighted by molar-refractivity contribution is -0.345. The van der Waals surface area contributed by atoms with Gasteiger partial charge in [-0.3, -0.25) is 0 Å². The third-order valence-corrected chi connectivity index (χ3v) is 1.59. The maximum atomic E-state index is 10.2. The highest BCUT2D eigenvalue weighted by Crippen LogP contribution is 2.20. The molecule has 0 amide bonds. The summed E-state index contributed by atoms with van der Waals surface area (Å²) < 4.78 is 0. The largest absolute Gasteiger partial charge is 0.396 e. The number of amidine groups is 1. The molecule has 0 saturated carbocycles. The fraction of sp³-hybridized carbons (Fsp3) is 0.667. The average Bonchev–Trinajstić information content (AvgIpc) is 2.33. The topological polar surface area (TPSA) is 88.1 Å². The van der Waals surface area contributed by atoms with E-state index in [9.17, 15) is 10.1 Å². The van der Waals surface area contributed by atoms with Gasteiger partial charge in [0.25, 0.3) is 0 Å². The molecule has 1 aliphatic heterocycles. The second-order valence-corrected chi connectivity index (χ2v) is 2.68.